The zero-order valence-electron chi connectivity index (χ0n) is 19.3. The van der Waals surface area contributed by atoms with Crippen LogP contribution in [0.4, 0.5) is 0 Å². The summed E-state index contributed by atoms with van der Waals surface area (Å²) in [6.07, 6.45) is 2.09. The number of nitrogens with one attached hydrogen (secondary N) is 1. The van der Waals surface area contributed by atoms with E-state index in [-0.39, 0.29) is 5.54 Å². The molecule has 3 aromatic rings. The number of aliphatic carboxylic acids is 2. The Bertz CT molecular complexity index is 815. The molecule has 0 aliphatic heterocycles. The van der Waals surface area contributed by atoms with Crippen LogP contribution >= 0.6 is 0 Å². The highest BCUT2D eigenvalue weighted by molar-refractivity contribution is 5.63. The monoisotopic (exact) mass is 450 g/mol. The first-order chi connectivity index (χ1) is 15.8. The van der Waals surface area contributed by atoms with Crippen LogP contribution in [0.15, 0.2) is 91.0 Å². The molecule has 0 spiro atoms. The van der Waals surface area contributed by atoms with Crippen LogP contribution in [-0.4, -0.2) is 35.2 Å². The van der Waals surface area contributed by atoms with E-state index < -0.39 is 11.9 Å². The van der Waals surface area contributed by atoms with Crippen molar-refractivity contribution < 1.29 is 19.8 Å². The minimum absolute atomic E-state index is 0.363. The average molecular weight is 451 g/mol. The van der Waals surface area contributed by atoms with Gasteiger partial charge in [-0.2, -0.15) is 0 Å². The van der Waals surface area contributed by atoms with Crippen molar-refractivity contribution in [3.63, 3.8) is 0 Å². The second-order valence-corrected chi connectivity index (χ2v) is 7.31. The molecule has 176 valence electrons. The van der Waals surface area contributed by atoms with Crippen LogP contribution in [0.5, 0.6) is 0 Å². The number of carbonyl (C=O) groups is 2. The first-order valence-electron chi connectivity index (χ1n) is 10.8. The first kappa shape index (κ1) is 27.6. The molecule has 33 heavy (non-hydrogen) atoms. The highest BCUT2D eigenvalue weighted by Gasteiger charge is 2.35. The van der Waals surface area contributed by atoms with Gasteiger partial charge in [-0.3, -0.25) is 14.9 Å². The molecule has 0 amide bonds. The van der Waals surface area contributed by atoms with E-state index in [1.54, 1.807) is 0 Å². The van der Waals surface area contributed by atoms with E-state index in [1.807, 2.05) is 0 Å². The summed E-state index contributed by atoms with van der Waals surface area (Å²) in [5.41, 5.74) is 9.07. The van der Waals surface area contributed by atoms with Crippen LogP contribution < -0.4 is 11.1 Å². The van der Waals surface area contributed by atoms with E-state index in [1.165, 1.54) is 16.7 Å². The Labute approximate surface area is 196 Å². The summed E-state index contributed by atoms with van der Waals surface area (Å²) in [4.78, 5) is 18.0. The molecule has 0 heterocycles. The Morgan fingerprint density at radius 2 is 1.00 bits per heavy atom. The fourth-order valence-electron chi connectivity index (χ4n) is 3.42. The standard InChI is InChI=1S/C23H26N2.2C2H4O2/c24-18-10-11-19-25-23(20-12-4-1-5-13-20,21-14-6-2-7-15-21)22-16-8-3-9-17-22;2*1-2(3)4/h1-9,12-17,25H,10-11,18-19,24H2;2*1H3,(H,3,4). The van der Waals surface area contributed by atoms with E-state index in [2.05, 4.69) is 96.3 Å². The van der Waals surface area contributed by atoms with Gasteiger partial charge in [-0.1, -0.05) is 91.0 Å². The Morgan fingerprint density at radius 1 is 0.697 bits per heavy atom. The SMILES string of the molecule is CC(=O)O.CC(=O)O.NCCCCNC(c1ccccc1)(c1ccccc1)c1ccccc1. The Balaban J connectivity index is 0.000000591. The maximum Gasteiger partial charge on any atom is 0.300 e. The smallest absolute Gasteiger partial charge is 0.300 e. The molecule has 6 nitrogen and oxygen atoms in total. The quantitative estimate of drug-likeness (QED) is 0.297. The molecular weight excluding hydrogens is 416 g/mol. The van der Waals surface area contributed by atoms with Gasteiger partial charge in [0, 0.05) is 13.8 Å². The van der Waals surface area contributed by atoms with E-state index >= 15 is 0 Å². The third-order valence-corrected chi connectivity index (χ3v) is 4.64. The second kappa shape index (κ2) is 15.3. The fourth-order valence-corrected chi connectivity index (χ4v) is 3.42. The van der Waals surface area contributed by atoms with Crippen LogP contribution in [0, 0.1) is 0 Å². The molecular formula is C27H34N2O4. The number of hydrogen-bond donors (Lipinski definition) is 4. The van der Waals surface area contributed by atoms with Gasteiger partial charge < -0.3 is 15.9 Å². The number of carboxylic acids is 2. The van der Waals surface area contributed by atoms with Gasteiger partial charge in [0.1, 0.15) is 0 Å². The Morgan fingerprint density at radius 3 is 1.27 bits per heavy atom. The minimum Gasteiger partial charge on any atom is -0.481 e. The van der Waals surface area contributed by atoms with Crippen molar-refractivity contribution in [1.82, 2.24) is 5.32 Å². The van der Waals surface area contributed by atoms with Crippen LogP contribution in [0.1, 0.15) is 43.4 Å². The predicted molar refractivity (Wildman–Crippen MR) is 132 cm³/mol. The molecule has 0 radical (unpaired) electrons. The summed E-state index contributed by atoms with van der Waals surface area (Å²) in [7, 11) is 0. The first-order valence-corrected chi connectivity index (χ1v) is 10.8. The van der Waals surface area contributed by atoms with Gasteiger partial charge in [0.25, 0.3) is 11.9 Å². The van der Waals surface area contributed by atoms with Crippen LogP contribution in [0.25, 0.3) is 0 Å². The van der Waals surface area contributed by atoms with E-state index in [0.717, 1.165) is 39.8 Å². The van der Waals surface area contributed by atoms with Gasteiger partial charge in [0.15, 0.2) is 0 Å². The molecule has 0 aromatic heterocycles. The highest BCUT2D eigenvalue weighted by Crippen LogP contribution is 2.36. The Kier molecular flexibility index (Phi) is 12.8. The summed E-state index contributed by atoms with van der Waals surface area (Å²) in [6, 6.07) is 32.1. The number of benzene rings is 3. The molecule has 3 rings (SSSR count). The van der Waals surface area contributed by atoms with Crippen molar-refractivity contribution in [3.8, 4) is 0 Å². The van der Waals surface area contributed by atoms with Crippen LogP contribution in [0.2, 0.25) is 0 Å². The summed E-state index contributed by atoms with van der Waals surface area (Å²) in [6.45, 7) is 3.81. The molecule has 5 N–H and O–H groups in total. The summed E-state index contributed by atoms with van der Waals surface area (Å²) >= 11 is 0. The van der Waals surface area contributed by atoms with E-state index in [9.17, 15) is 0 Å². The molecule has 0 bridgehead atoms. The lowest BCUT2D eigenvalue weighted by atomic mass is 9.77. The minimum atomic E-state index is -0.833. The fraction of sp³-hybridized carbons (Fsp3) is 0.259. The lowest BCUT2D eigenvalue weighted by Gasteiger charge is -2.37. The molecule has 0 atom stereocenters. The largest absolute Gasteiger partial charge is 0.481 e. The molecule has 0 aliphatic carbocycles. The molecule has 3 aromatic carbocycles. The van der Waals surface area contributed by atoms with E-state index in [0.29, 0.717) is 0 Å². The van der Waals surface area contributed by atoms with Crippen molar-refractivity contribution in [2.45, 2.75) is 32.2 Å². The summed E-state index contributed by atoms with van der Waals surface area (Å²) in [5.74, 6) is -1.67. The van der Waals surface area contributed by atoms with Crippen LogP contribution in [0.3, 0.4) is 0 Å². The maximum atomic E-state index is 9.00. The topological polar surface area (TPSA) is 113 Å². The van der Waals surface area contributed by atoms with Crippen molar-refractivity contribution in [1.29, 1.82) is 0 Å². The molecule has 6 heteroatoms. The second-order valence-electron chi connectivity index (χ2n) is 7.31. The van der Waals surface area contributed by atoms with Crippen molar-refractivity contribution >= 4 is 11.9 Å². The van der Waals surface area contributed by atoms with E-state index in [4.69, 9.17) is 25.5 Å². The van der Waals surface area contributed by atoms with Crippen LogP contribution in [-0.2, 0) is 15.1 Å². The van der Waals surface area contributed by atoms with Gasteiger partial charge in [0.2, 0.25) is 0 Å². The number of nitrogens with two attached hydrogens (primary N) is 1. The predicted octanol–water partition coefficient (Wildman–Crippen LogP) is 4.49. The Hall–Kier alpha value is -3.48. The van der Waals surface area contributed by atoms with Gasteiger partial charge in [-0.15, -0.1) is 0 Å². The number of hydrogen-bond acceptors (Lipinski definition) is 4. The normalized spacial score (nSPS) is 10.2. The van der Waals surface area contributed by atoms with Crippen molar-refractivity contribution in [2.75, 3.05) is 13.1 Å². The third kappa shape index (κ3) is 9.68. The van der Waals surface area contributed by atoms with Gasteiger partial charge >= 0.3 is 0 Å². The molecule has 0 unspecified atom stereocenters. The van der Waals surface area contributed by atoms with Crippen molar-refractivity contribution in [2.24, 2.45) is 5.73 Å². The lowest BCUT2D eigenvalue weighted by Crippen LogP contribution is -2.45. The van der Waals surface area contributed by atoms with Crippen molar-refractivity contribution in [3.05, 3.63) is 108 Å². The number of unbranched alkanes of at least 4 members (excludes halogenated alkanes) is 1. The number of carboxylic acid groups (broad SMARTS) is 2. The molecule has 0 aliphatic rings. The number of rotatable bonds is 8. The lowest BCUT2D eigenvalue weighted by molar-refractivity contribution is -0.135. The zero-order valence-corrected chi connectivity index (χ0v) is 19.3. The van der Waals surface area contributed by atoms with Gasteiger partial charge in [0.05, 0.1) is 5.54 Å². The van der Waals surface area contributed by atoms with Gasteiger partial charge in [-0.25, -0.2) is 0 Å². The third-order valence-electron chi connectivity index (χ3n) is 4.64. The van der Waals surface area contributed by atoms with Gasteiger partial charge in [-0.05, 0) is 42.6 Å². The zero-order chi connectivity index (χ0) is 24.5. The summed E-state index contributed by atoms with van der Waals surface area (Å²) < 4.78 is 0. The summed E-state index contributed by atoms with van der Waals surface area (Å²) in [5, 5.41) is 18.7. The highest BCUT2D eigenvalue weighted by atomic mass is 16.4. The average Bonchev–Trinajstić information content (AvgIpc) is 2.80. The molecule has 0 saturated heterocycles. The maximum absolute atomic E-state index is 9.00. The molecule has 0 saturated carbocycles. The molecule has 0 fully saturated rings.